The SMILES string of the molecule is NC1(C(=O)NCc2ccc(F)cc2F)CCCCC1. The molecule has 5 heteroatoms. The molecule has 1 saturated carbocycles. The largest absolute Gasteiger partial charge is 0.350 e. The highest BCUT2D eigenvalue weighted by Gasteiger charge is 2.34. The smallest absolute Gasteiger partial charge is 0.240 e. The molecule has 0 saturated heterocycles. The Balaban J connectivity index is 1.96. The molecule has 0 aromatic heterocycles. The van der Waals surface area contributed by atoms with Crippen molar-refractivity contribution in [1.82, 2.24) is 5.32 Å². The minimum atomic E-state index is -0.839. The van der Waals surface area contributed by atoms with Crippen LogP contribution in [0.25, 0.3) is 0 Å². The second-order valence-electron chi connectivity index (χ2n) is 5.14. The van der Waals surface area contributed by atoms with Gasteiger partial charge in [-0.05, 0) is 18.9 Å². The molecule has 0 atom stereocenters. The van der Waals surface area contributed by atoms with E-state index in [0.29, 0.717) is 12.8 Å². The van der Waals surface area contributed by atoms with Gasteiger partial charge in [0.2, 0.25) is 5.91 Å². The summed E-state index contributed by atoms with van der Waals surface area (Å²) in [6.45, 7) is 0.0316. The zero-order chi connectivity index (χ0) is 13.9. The van der Waals surface area contributed by atoms with E-state index in [1.54, 1.807) is 0 Å². The number of amides is 1. The van der Waals surface area contributed by atoms with E-state index in [4.69, 9.17) is 5.73 Å². The predicted octanol–water partition coefficient (Wildman–Crippen LogP) is 2.24. The Morgan fingerprint density at radius 1 is 1.26 bits per heavy atom. The first-order valence-corrected chi connectivity index (χ1v) is 6.52. The van der Waals surface area contributed by atoms with Crippen molar-refractivity contribution in [2.75, 3.05) is 0 Å². The van der Waals surface area contributed by atoms with Gasteiger partial charge in [0.05, 0.1) is 5.54 Å². The first-order chi connectivity index (χ1) is 9.01. The number of nitrogens with two attached hydrogens (primary N) is 1. The summed E-state index contributed by atoms with van der Waals surface area (Å²) in [5.41, 5.74) is 5.48. The van der Waals surface area contributed by atoms with Crippen LogP contribution in [0.3, 0.4) is 0 Å². The van der Waals surface area contributed by atoms with Gasteiger partial charge in [-0.1, -0.05) is 25.3 Å². The molecule has 2 rings (SSSR count). The molecule has 1 aliphatic carbocycles. The molecule has 0 heterocycles. The van der Waals surface area contributed by atoms with Gasteiger partial charge in [-0.15, -0.1) is 0 Å². The third-order valence-corrected chi connectivity index (χ3v) is 3.65. The summed E-state index contributed by atoms with van der Waals surface area (Å²) in [5, 5.41) is 2.64. The lowest BCUT2D eigenvalue weighted by Crippen LogP contribution is -2.54. The summed E-state index contributed by atoms with van der Waals surface area (Å²) >= 11 is 0. The molecule has 1 aromatic rings. The maximum atomic E-state index is 13.4. The molecule has 0 bridgehead atoms. The topological polar surface area (TPSA) is 55.1 Å². The lowest BCUT2D eigenvalue weighted by molar-refractivity contribution is -0.127. The summed E-state index contributed by atoms with van der Waals surface area (Å²) in [6.07, 6.45) is 4.29. The zero-order valence-electron chi connectivity index (χ0n) is 10.7. The summed E-state index contributed by atoms with van der Waals surface area (Å²) in [6, 6.07) is 3.30. The van der Waals surface area contributed by atoms with E-state index in [0.717, 1.165) is 25.3 Å². The van der Waals surface area contributed by atoms with Crippen molar-refractivity contribution in [1.29, 1.82) is 0 Å². The Morgan fingerprint density at radius 3 is 2.58 bits per heavy atom. The average Bonchev–Trinajstić information content (AvgIpc) is 2.38. The molecule has 19 heavy (non-hydrogen) atoms. The lowest BCUT2D eigenvalue weighted by Gasteiger charge is -2.31. The standard InChI is InChI=1S/C14H18F2N2O/c15-11-5-4-10(12(16)8-11)9-18-13(19)14(17)6-2-1-3-7-14/h4-5,8H,1-3,6-7,9,17H2,(H,18,19). The minimum absolute atomic E-state index is 0.0316. The van der Waals surface area contributed by atoms with Crippen LogP contribution in [0, 0.1) is 11.6 Å². The first-order valence-electron chi connectivity index (χ1n) is 6.52. The molecule has 3 nitrogen and oxygen atoms in total. The molecular formula is C14H18F2N2O. The highest BCUT2D eigenvalue weighted by molar-refractivity contribution is 5.86. The molecule has 0 radical (unpaired) electrons. The highest BCUT2D eigenvalue weighted by Crippen LogP contribution is 2.26. The van der Waals surface area contributed by atoms with Crippen LogP contribution in [0.5, 0.6) is 0 Å². The van der Waals surface area contributed by atoms with Crippen LogP contribution in [-0.4, -0.2) is 11.4 Å². The van der Waals surface area contributed by atoms with Crippen molar-refractivity contribution in [3.05, 3.63) is 35.4 Å². The summed E-state index contributed by atoms with van der Waals surface area (Å²) in [5.74, 6) is -1.54. The van der Waals surface area contributed by atoms with Crippen molar-refractivity contribution in [2.24, 2.45) is 5.73 Å². The summed E-state index contributed by atoms with van der Waals surface area (Å²) < 4.78 is 26.2. The normalized spacial score (nSPS) is 18.1. The number of hydrogen-bond acceptors (Lipinski definition) is 2. The number of rotatable bonds is 3. The Morgan fingerprint density at radius 2 is 1.95 bits per heavy atom. The fraction of sp³-hybridized carbons (Fsp3) is 0.500. The van der Waals surface area contributed by atoms with Gasteiger partial charge in [-0.3, -0.25) is 4.79 Å². The van der Waals surface area contributed by atoms with E-state index < -0.39 is 17.2 Å². The van der Waals surface area contributed by atoms with Crippen LogP contribution in [-0.2, 0) is 11.3 Å². The van der Waals surface area contributed by atoms with Crippen molar-refractivity contribution in [3.8, 4) is 0 Å². The number of halogens is 2. The van der Waals surface area contributed by atoms with Gasteiger partial charge >= 0.3 is 0 Å². The maximum absolute atomic E-state index is 13.4. The van der Waals surface area contributed by atoms with Gasteiger partial charge in [0.25, 0.3) is 0 Å². The van der Waals surface area contributed by atoms with E-state index in [1.165, 1.54) is 12.1 Å². The van der Waals surface area contributed by atoms with Gasteiger partial charge in [0, 0.05) is 18.2 Å². The number of benzene rings is 1. The number of carbonyl (C=O) groups excluding carboxylic acids is 1. The quantitative estimate of drug-likeness (QED) is 0.883. The molecule has 0 aliphatic heterocycles. The Kier molecular flexibility index (Phi) is 4.14. The second-order valence-corrected chi connectivity index (χ2v) is 5.14. The van der Waals surface area contributed by atoms with Crippen molar-refractivity contribution in [2.45, 2.75) is 44.2 Å². The third-order valence-electron chi connectivity index (χ3n) is 3.65. The molecule has 1 fully saturated rings. The highest BCUT2D eigenvalue weighted by atomic mass is 19.1. The molecule has 1 aliphatic rings. The van der Waals surface area contributed by atoms with Gasteiger partial charge in [-0.25, -0.2) is 8.78 Å². The third kappa shape index (κ3) is 3.29. The van der Waals surface area contributed by atoms with E-state index in [2.05, 4.69) is 5.32 Å². The molecule has 104 valence electrons. The summed E-state index contributed by atoms with van der Waals surface area (Å²) in [4.78, 5) is 12.0. The Hall–Kier alpha value is -1.49. The van der Waals surface area contributed by atoms with E-state index in [9.17, 15) is 13.6 Å². The average molecular weight is 268 g/mol. The Labute approximate surface area is 111 Å². The van der Waals surface area contributed by atoms with E-state index in [-0.39, 0.29) is 18.0 Å². The summed E-state index contributed by atoms with van der Waals surface area (Å²) in [7, 11) is 0. The van der Waals surface area contributed by atoms with Crippen LogP contribution in [0.4, 0.5) is 8.78 Å². The molecular weight excluding hydrogens is 250 g/mol. The fourth-order valence-electron chi connectivity index (χ4n) is 2.43. The molecule has 1 amide bonds. The van der Waals surface area contributed by atoms with Gasteiger partial charge in [0.15, 0.2) is 0 Å². The molecule has 3 N–H and O–H groups in total. The van der Waals surface area contributed by atoms with Crippen LogP contribution in [0.2, 0.25) is 0 Å². The molecule has 0 spiro atoms. The van der Waals surface area contributed by atoms with Crippen molar-refractivity contribution >= 4 is 5.91 Å². The Bertz CT molecular complexity index is 471. The van der Waals surface area contributed by atoms with Crippen LogP contribution >= 0.6 is 0 Å². The van der Waals surface area contributed by atoms with Gasteiger partial charge in [0.1, 0.15) is 11.6 Å². The van der Waals surface area contributed by atoms with Crippen LogP contribution in [0.1, 0.15) is 37.7 Å². The van der Waals surface area contributed by atoms with Crippen LogP contribution in [0.15, 0.2) is 18.2 Å². The molecule has 1 aromatic carbocycles. The van der Waals surface area contributed by atoms with Gasteiger partial charge < -0.3 is 11.1 Å². The monoisotopic (exact) mass is 268 g/mol. The number of hydrogen-bond donors (Lipinski definition) is 2. The van der Waals surface area contributed by atoms with Gasteiger partial charge in [-0.2, -0.15) is 0 Å². The minimum Gasteiger partial charge on any atom is -0.350 e. The lowest BCUT2D eigenvalue weighted by atomic mass is 9.82. The fourth-order valence-corrected chi connectivity index (χ4v) is 2.43. The molecule has 0 unspecified atom stereocenters. The van der Waals surface area contributed by atoms with Crippen molar-refractivity contribution in [3.63, 3.8) is 0 Å². The number of carbonyl (C=O) groups is 1. The first kappa shape index (κ1) is 13.9. The maximum Gasteiger partial charge on any atom is 0.240 e. The van der Waals surface area contributed by atoms with Crippen molar-refractivity contribution < 1.29 is 13.6 Å². The zero-order valence-corrected chi connectivity index (χ0v) is 10.7. The number of nitrogens with one attached hydrogen (secondary N) is 1. The van der Waals surface area contributed by atoms with E-state index >= 15 is 0 Å². The van der Waals surface area contributed by atoms with Crippen LogP contribution < -0.4 is 11.1 Å². The predicted molar refractivity (Wildman–Crippen MR) is 68.2 cm³/mol. The van der Waals surface area contributed by atoms with E-state index in [1.807, 2.05) is 0 Å². The second kappa shape index (κ2) is 5.65.